The van der Waals surface area contributed by atoms with Crippen molar-refractivity contribution in [3.05, 3.63) is 58.1 Å². The quantitative estimate of drug-likeness (QED) is 0.728. The highest BCUT2D eigenvalue weighted by Gasteiger charge is 2.18. The van der Waals surface area contributed by atoms with Gasteiger partial charge in [0, 0.05) is 22.1 Å². The summed E-state index contributed by atoms with van der Waals surface area (Å²) in [6, 6.07) is 11.1. The van der Waals surface area contributed by atoms with Gasteiger partial charge < -0.3 is 15.9 Å². The molecule has 7 heteroatoms. The number of nitriles is 1. The molecule has 0 heterocycles. The van der Waals surface area contributed by atoms with Crippen LogP contribution in [0, 0.1) is 11.3 Å². The Morgan fingerprint density at radius 2 is 1.88 bits per heavy atom. The Hall–Kier alpha value is -2.88. The fraction of sp³-hybridized carbons (Fsp3) is 0.167. The number of hydrogen-bond acceptors (Lipinski definition) is 4. The first-order valence-corrected chi connectivity index (χ1v) is 7.74. The molecule has 0 bridgehead atoms. The van der Waals surface area contributed by atoms with E-state index < -0.39 is 17.9 Å². The lowest BCUT2D eigenvalue weighted by molar-refractivity contribution is -0.137. The highest BCUT2D eigenvalue weighted by Crippen LogP contribution is 2.34. The highest BCUT2D eigenvalue weighted by molar-refractivity contribution is 6.33. The largest absolute Gasteiger partial charge is 0.481 e. The van der Waals surface area contributed by atoms with Gasteiger partial charge in [-0.05, 0) is 42.4 Å². The van der Waals surface area contributed by atoms with E-state index in [0.717, 1.165) is 0 Å². The third kappa shape index (κ3) is 4.15. The van der Waals surface area contributed by atoms with Gasteiger partial charge in [-0.2, -0.15) is 5.26 Å². The number of nitrogens with zero attached hydrogens (tertiary/aromatic N) is 1. The van der Waals surface area contributed by atoms with E-state index in [4.69, 9.17) is 22.4 Å². The summed E-state index contributed by atoms with van der Waals surface area (Å²) in [6.07, 6.45) is -0.141. The topological polar surface area (TPSA) is 124 Å². The Balaban J connectivity index is 2.61. The van der Waals surface area contributed by atoms with E-state index in [-0.39, 0.29) is 24.1 Å². The monoisotopic (exact) mass is 358 g/mol. The van der Waals surface area contributed by atoms with Crippen LogP contribution in [0.3, 0.4) is 0 Å². The van der Waals surface area contributed by atoms with Crippen molar-refractivity contribution >= 4 is 23.5 Å². The summed E-state index contributed by atoms with van der Waals surface area (Å²) in [5, 5.41) is 27.8. The number of halogens is 1. The molecular formula is C18H15ClN2O4. The molecule has 1 atom stereocenters. The molecule has 0 aliphatic rings. The van der Waals surface area contributed by atoms with Gasteiger partial charge in [0.05, 0.1) is 23.6 Å². The molecule has 4 N–H and O–H groups in total. The lowest BCUT2D eigenvalue weighted by atomic mass is 9.91. The van der Waals surface area contributed by atoms with Crippen LogP contribution in [0.2, 0.25) is 5.02 Å². The Morgan fingerprint density at radius 1 is 1.16 bits per heavy atom. The van der Waals surface area contributed by atoms with Crippen molar-refractivity contribution in [3.8, 4) is 17.2 Å². The van der Waals surface area contributed by atoms with Gasteiger partial charge in [-0.3, -0.25) is 4.79 Å². The van der Waals surface area contributed by atoms with Gasteiger partial charge in [0.15, 0.2) is 0 Å². The minimum Gasteiger partial charge on any atom is -0.481 e. The summed E-state index contributed by atoms with van der Waals surface area (Å²) in [4.78, 5) is 22.2. The number of carboxylic acid groups (broad SMARTS) is 2. The van der Waals surface area contributed by atoms with Crippen molar-refractivity contribution < 1.29 is 19.8 Å². The SMILES string of the molecule is N#Cc1ccc(C(=O)O)cc1-c1cc(C(CN)CC(=O)O)ccc1Cl. The highest BCUT2D eigenvalue weighted by atomic mass is 35.5. The Labute approximate surface area is 149 Å². The van der Waals surface area contributed by atoms with E-state index in [1.54, 1.807) is 18.2 Å². The molecule has 2 rings (SSSR count). The Kier molecular flexibility index (Phi) is 5.75. The molecule has 0 aliphatic carbocycles. The molecule has 0 radical (unpaired) electrons. The number of aromatic carboxylic acids is 1. The van der Waals surface area contributed by atoms with Crippen LogP contribution in [0.5, 0.6) is 0 Å². The smallest absolute Gasteiger partial charge is 0.335 e. The predicted molar refractivity (Wildman–Crippen MR) is 92.6 cm³/mol. The maximum absolute atomic E-state index is 11.2. The van der Waals surface area contributed by atoms with Gasteiger partial charge in [-0.1, -0.05) is 17.7 Å². The van der Waals surface area contributed by atoms with Gasteiger partial charge in [0.1, 0.15) is 0 Å². The zero-order valence-corrected chi connectivity index (χ0v) is 13.8. The average Bonchev–Trinajstić information content (AvgIpc) is 2.59. The minimum absolute atomic E-state index is 0.0244. The summed E-state index contributed by atoms with van der Waals surface area (Å²) < 4.78 is 0. The number of benzene rings is 2. The molecule has 0 aliphatic heterocycles. The molecule has 1 unspecified atom stereocenters. The molecule has 2 aromatic carbocycles. The van der Waals surface area contributed by atoms with Gasteiger partial charge in [0.25, 0.3) is 0 Å². The molecule has 2 aromatic rings. The van der Waals surface area contributed by atoms with Gasteiger partial charge in [-0.15, -0.1) is 0 Å². The van der Waals surface area contributed by atoms with Crippen molar-refractivity contribution in [3.63, 3.8) is 0 Å². The number of nitrogens with two attached hydrogens (primary N) is 1. The van der Waals surface area contributed by atoms with Crippen molar-refractivity contribution in [2.24, 2.45) is 5.73 Å². The predicted octanol–water partition coefficient (Wildman–Crippen LogP) is 3.09. The summed E-state index contributed by atoms with van der Waals surface area (Å²) in [6.45, 7) is 0.133. The summed E-state index contributed by atoms with van der Waals surface area (Å²) in [5.74, 6) is -2.51. The molecule has 0 spiro atoms. The molecule has 0 amide bonds. The molecule has 0 saturated heterocycles. The summed E-state index contributed by atoms with van der Waals surface area (Å²) in [5.41, 5.74) is 7.46. The van der Waals surface area contributed by atoms with E-state index in [1.807, 2.05) is 6.07 Å². The zero-order valence-electron chi connectivity index (χ0n) is 13.1. The maximum Gasteiger partial charge on any atom is 0.335 e. The van der Waals surface area contributed by atoms with Crippen LogP contribution in [0.4, 0.5) is 0 Å². The minimum atomic E-state index is -1.12. The molecule has 128 valence electrons. The van der Waals surface area contributed by atoms with Crippen LogP contribution in [-0.2, 0) is 4.79 Å². The molecule has 6 nitrogen and oxygen atoms in total. The average molecular weight is 359 g/mol. The van der Waals surface area contributed by atoms with Crippen LogP contribution in [0.15, 0.2) is 36.4 Å². The normalized spacial score (nSPS) is 11.6. The zero-order chi connectivity index (χ0) is 18.6. The number of hydrogen-bond donors (Lipinski definition) is 3. The van der Waals surface area contributed by atoms with Crippen LogP contribution in [0.25, 0.3) is 11.1 Å². The first-order chi connectivity index (χ1) is 11.9. The maximum atomic E-state index is 11.2. The molecule has 0 aromatic heterocycles. The third-order valence-corrected chi connectivity index (χ3v) is 4.17. The molecule has 25 heavy (non-hydrogen) atoms. The van der Waals surface area contributed by atoms with Gasteiger partial charge >= 0.3 is 11.9 Å². The molecular weight excluding hydrogens is 344 g/mol. The van der Waals surface area contributed by atoms with Gasteiger partial charge in [-0.25, -0.2) is 4.79 Å². The van der Waals surface area contributed by atoms with Crippen LogP contribution >= 0.6 is 11.6 Å². The van der Waals surface area contributed by atoms with Crippen molar-refractivity contribution in [2.45, 2.75) is 12.3 Å². The van der Waals surface area contributed by atoms with E-state index in [0.29, 0.717) is 21.7 Å². The van der Waals surface area contributed by atoms with E-state index in [9.17, 15) is 20.0 Å². The molecule has 0 saturated carbocycles. The summed E-state index contributed by atoms with van der Waals surface area (Å²) in [7, 11) is 0. The second-order valence-corrected chi connectivity index (χ2v) is 5.85. The van der Waals surface area contributed by atoms with Crippen molar-refractivity contribution in [2.75, 3.05) is 6.54 Å². The summed E-state index contributed by atoms with van der Waals surface area (Å²) >= 11 is 6.24. The standard InChI is InChI=1S/C18H15ClN2O4/c19-16-4-3-10(13(9-21)7-17(22)23)5-15(16)14-6-11(18(24)25)1-2-12(14)8-20/h1-6,13H,7,9,21H2,(H,22,23)(H,24,25). The van der Waals surface area contributed by atoms with Gasteiger partial charge in [0.2, 0.25) is 0 Å². The number of carbonyl (C=O) groups is 2. The number of rotatable bonds is 6. The van der Waals surface area contributed by atoms with Crippen LogP contribution in [0.1, 0.15) is 33.8 Å². The third-order valence-electron chi connectivity index (χ3n) is 3.84. The number of carboxylic acids is 2. The fourth-order valence-corrected chi connectivity index (χ4v) is 2.77. The van der Waals surface area contributed by atoms with Crippen LogP contribution in [-0.4, -0.2) is 28.7 Å². The Morgan fingerprint density at radius 3 is 2.44 bits per heavy atom. The molecule has 0 fully saturated rings. The van der Waals surface area contributed by atoms with E-state index >= 15 is 0 Å². The van der Waals surface area contributed by atoms with Crippen molar-refractivity contribution in [1.29, 1.82) is 5.26 Å². The fourth-order valence-electron chi connectivity index (χ4n) is 2.55. The first-order valence-electron chi connectivity index (χ1n) is 7.36. The Bertz CT molecular complexity index is 874. The first kappa shape index (κ1) is 18.5. The van der Waals surface area contributed by atoms with Crippen molar-refractivity contribution in [1.82, 2.24) is 0 Å². The second-order valence-electron chi connectivity index (χ2n) is 5.45. The number of aliphatic carboxylic acids is 1. The van der Waals surface area contributed by atoms with E-state index in [1.165, 1.54) is 18.2 Å². The lowest BCUT2D eigenvalue weighted by Crippen LogP contribution is -2.16. The lowest BCUT2D eigenvalue weighted by Gasteiger charge is -2.16. The second kappa shape index (κ2) is 7.79. The van der Waals surface area contributed by atoms with Crippen LogP contribution < -0.4 is 5.73 Å². The van der Waals surface area contributed by atoms with E-state index in [2.05, 4.69) is 0 Å².